The van der Waals surface area contributed by atoms with Gasteiger partial charge < -0.3 is 10.4 Å². The number of hydrogen-bond donors (Lipinski definition) is 2. The molecule has 0 aliphatic carbocycles. The lowest BCUT2D eigenvalue weighted by Crippen LogP contribution is -2.30. The number of aromatic hydroxyl groups is 1. The number of hydrogen-bond acceptors (Lipinski definition) is 4. The Bertz CT molecular complexity index is 630. The Kier molecular flexibility index (Phi) is 2.76. The molecule has 1 aliphatic heterocycles. The fourth-order valence-corrected chi connectivity index (χ4v) is 2.44. The van der Waals surface area contributed by atoms with Crippen LogP contribution in [0, 0.1) is 0 Å². The van der Waals surface area contributed by atoms with Crippen LogP contribution in [0.5, 0.6) is 5.75 Å². The van der Waals surface area contributed by atoms with Gasteiger partial charge >= 0.3 is 0 Å². The van der Waals surface area contributed by atoms with Crippen molar-refractivity contribution in [3.63, 3.8) is 0 Å². The number of pyridine rings is 1. The lowest BCUT2D eigenvalue weighted by Gasteiger charge is -2.22. The van der Waals surface area contributed by atoms with Gasteiger partial charge in [0.05, 0.1) is 5.69 Å². The predicted molar refractivity (Wildman–Crippen MR) is 68.0 cm³/mol. The first-order valence-electron chi connectivity index (χ1n) is 6.18. The third kappa shape index (κ3) is 1.86. The molecule has 1 fully saturated rings. The van der Waals surface area contributed by atoms with Crippen LogP contribution >= 0.6 is 0 Å². The molecule has 2 aromatic rings. The van der Waals surface area contributed by atoms with E-state index < -0.39 is 0 Å². The fourth-order valence-electron chi connectivity index (χ4n) is 2.44. The Morgan fingerprint density at radius 3 is 3.17 bits per heavy atom. The van der Waals surface area contributed by atoms with E-state index in [2.05, 4.69) is 10.3 Å². The van der Waals surface area contributed by atoms with E-state index >= 15 is 0 Å². The number of rotatable bonds is 1. The van der Waals surface area contributed by atoms with Gasteiger partial charge in [-0.25, -0.2) is 4.98 Å². The Hall–Kier alpha value is -1.88. The summed E-state index contributed by atoms with van der Waals surface area (Å²) in [7, 11) is 0. The zero-order valence-electron chi connectivity index (χ0n) is 9.97. The maximum absolute atomic E-state index is 12.0. The number of piperidine rings is 1. The van der Waals surface area contributed by atoms with E-state index in [1.807, 2.05) is 0 Å². The summed E-state index contributed by atoms with van der Waals surface area (Å²) in [6, 6.07) is 4.75. The standard InChI is InChI=1S/C13H15N3O2/c17-11-4-2-6-16-12(18)7-10(15-13(11)16)9-3-1-5-14-8-9/h2,4,6-7,9,14,17H,1,3,5,8H2. The average Bonchev–Trinajstić information content (AvgIpc) is 2.41. The summed E-state index contributed by atoms with van der Waals surface area (Å²) < 4.78 is 1.37. The molecule has 18 heavy (non-hydrogen) atoms. The molecular formula is C13H15N3O2. The molecular weight excluding hydrogens is 230 g/mol. The molecule has 1 saturated heterocycles. The quantitative estimate of drug-likeness (QED) is 0.782. The van der Waals surface area contributed by atoms with Crippen LogP contribution in [0.2, 0.25) is 0 Å². The van der Waals surface area contributed by atoms with Gasteiger partial charge in [-0.3, -0.25) is 9.20 Å². The van der Waals surface area contributed by atoms with E-state index in [0.29, 0.717) is 5.65 Å². The highest BCUT2D eigenvalue weighted by atomic mass is 16.3. The summed E-state index contributed by atoms with van der Waals surface area (Å²) in [5, 5.41) is 13.1. The first kappa shape index (κ1) is 11.2. The summed E-state index contributed by atoms with van der Waals surface area (Å²) in [6.45, 7) is 1.87. The minimum atomic E-state index is -0.142. The number of nitrogens with zero attached hydrogens (tertiary/aromatic N) is 2. The van der Waals surface area contributed by atoms with Gasteiger partial charge in [-0.2, -0.15) is 0 Å². The molecule has 1 unspecified atom stereocenters. The van der Waals surface area contributed by atoms with E-state index in [0.717, 1.165) is 31.6 Å². The van der Waals surface area contributed by atoms with Crippen molar-refractivity contribution in [2.45, 2.75) is 18.8 Å². The minimum absolute atomic E-state index is 0.0419. The molecule has 1 atom stereocenters. The van der Waals surface area contributed by atoms with Crippen LogP contribution in [-0.2, 0) is 0 Å². The Morgan fingerprint density at radius 2 is 2.39 bits per heavy atom. The number of fused-ring (bicyclic) bond motifs is 1. The molecule has 2 aromatic heterocycles. The van der Waals surface area contributed by atoms with Crippen molar-refractivity contribution in [2.24, 2.45) is 0 Å². The lowest BCUT2D eigenvalue weighted by molar-refractivity contribution is 0.452. The largest absolute Gasteiger partial charge is 0.504 e. The predicted octanol–water partition coefficient (Wildman–Crippen LogP) is 0.867. The maximum Gasteiger partial charge on any atom is 0.258 e. The van der Waals surface area contributed by atoms with Gasteiger partial charge in [0.25, 0.3) is 5.56 Å². The molecule has 0 spiro atoms. The SMILES string of the molecule is O=c1cc(C2CCCNC2)nc2c(O)cccn12. The van der Waals surface area contributed by atoms with Crippen LogP contribution in [0.1, 0.15) is 24.5 Å². The molecule has 0 amide bonds. The Balaban J connectivity index is 2.14. The monoisotopic (exact) mass is 245 g/mol. The highest BCUT2D eigenvalue weighted by Crippen LogP contribution is 2.22. The van der Waals surface area contributed by atoms with Gasteiger partial charge in [0.15, 0.2) is 11.4 Å². The summed E-state index contributed by atoms with van der Waals surface area (Å²) in [5.41, 5.74) is 0.968. The van der Waals surface area contributed by atoms with Gasteiger partial charge in [-0.15, -0.1) is 0 Å². The van der Waals surface area contributed by atoms with Crippen molar-refractivity contribution in [2.75, 3.05) is 13.1 Å². The smallest absolute Gasteiger partial charge is 0.258 e. The minimum Gasteiger partial charge on any atom is -0.504 e. The molecule has 0 aromatic carbocycles. The molecule has 0 bridgehead atoms. The van der Waals surface area contributed by atoms with Crippen LogP contribution in [0.15, 0.2) is 29.2 Å². The molecule has 1 aliphatic rings. The van der Waals surface area contributed by atoms with E-state index in [1.165, 1.54) is 4.40 Å². The van der Waals surface area contributed by atoms with Crippen LogP contribution in [0.4, 0.5) is 0 Å². The van der Waals surface area contributed by atoms with Crippen LogP contribution in [0.3, 0.4) is 0 Å². The second-order valence-corrected chi connectivity index (χ2v) is 4.65. The lowest BCUT2D eigenvalue weighted by atomic mass is 9.96. The van der Waals surface area contributed by atoms with Gasteiger partial charge in [0, 0.05) is 24.7 Å². The van der Waals surface area contributed by atoms with Gasteiger partial charge in [-0.1, -0.05) is 0 Å². The van der Waals surface area contributed by atoms with Crippen molar-refractivity contribution in [3.05, 3.63) is 40.4 Å². The summed E-state index contributed by atoms with van der Waals surface area (Å²) in [6.07, 6.45) is 3.74. The zero-order chi connectivity index (χ0) is 12.5. The fraction of sp³-hybridized carbons (Fsp3) is 0.385. The van der Waals surface area contributed by atoms with E-state index in [1.54, 1.807) is 24.4 Å². The van der Waals surface area contributed by atoms with Gasteiger partial charge in [0.2, 0.25) is 0 Å². The molecule has 3 rings (SSSR count). The maximum atomic E-state index is 12.0. The second-order valence-electron chi connectivity index (χ2n) is 4.65. The third-order valence-electron chi connectivity index (χ3n) is 3.41. The normalized spacial score (nSPS) is 20.1. The van der Waals surface area contributed by atoms with Crippen LogP contribution in [-0.4, -0.2) is 27.6 Å². The number of nitrogens with one attached hydrogen (secondary N) is 1. The van der Waals surface area contributed by atoms with Gasteiger partial charge in [0.1, 0.15) is 0 Å². The van der Waals surface area contributed by atoms with Crippen molar-refractivity contribution in [1.29, 1.82) is 0 Å². The Morgan fingerprint density at radius 1 is 1.50 bits per heavy atom. The average molecular weight is 245 g/mol. The van der Waals surface area contributed by atoms with Crippen molar-refractivity contribution < 1.29 is 5.11 Å². The molecule has 5 nitrogen and oxygen atoms in total. The molecule has 0 radical (unpaired) electrons. The highest BCUT2D eigenvalue weighted by Gasteiger charge is 2.18. The topological polar surface area (TPSA) is 66.6 Å². The molecule has 2 N–H and O–H groups in total. The molecule has 94 valence electrons. The summed E-state index contributed by atoms with van der Waals surface area (Å²) in [5.74, 6) is 0.302. The van der Waals surface area contributed by atoms with E-state index in [9.17, 15) is 9.90 Å². The molecule has 3 heterocycles. The van der Waals surface area contributed by atoms with E-state index in [4.69, 9.17) is 0 Å². The molecule has 0 saturated carbocycles. The third-order valence-corrected chi connectivity index (χ3v) is 3.41. The number of aromatic nitrogens is 2. The van der Waals surface area contributed by atoms with E-state index in [-0.39, 0.29) is 17.2 Å². The first-order valence-corrected chi connectivity index (χ1v) is 6.18. The van der Waals surface area contributed by atoms with Crippen LogP contribution < -0.4 is 10.9 Å². The van der Waals surface area contributed by atoms with Crippen molar-refractivity contribution in [1.82, 2.24) is 14.7 Å². The van der Waals surface area contributed by atoms with Crippen LogP contribution in [0.25, 0.3) is 5.65 Å². The first-order chi connectivity index (χ1) is 8.75. The van der Waals surface area contributed by atoms with Gasteiger partial charge in [-0.05, 0) is 31.5 Å². The summed E-state index contributed by atoms with van der Waals surface area (Å²) >= 11 is 0. The highest BCUT2D eigenvalue weighted by molar-refractivity contribution is 5.52. The van der Waals surface area contributed by atoms with Crippen molar-refractivity contribution in [3.8, 4) is 5.75 Å². The second kappa shape index (κ2) is 4.42. The Labute approximate surface area is 104 Å². The molecule has 5 heteroatoms. The summed E-state index contributed by atoms with van der Waals surface area (Å²) in [4.78, 5) is 16.4. The zero-order valence-corrected chi connectivity index (χ0v) is 9.97. The van der Waals surface area contributed by atoms with Crippen molar-refractivity contribution >= 4 is 5.65 Å².